The van der Waals surface area contributed by atoms with Gasteiger partial charge >= 0.3 is 5.97 Å². The predicted molar refractivity (Wildman–Crippen MR) is 94.1 cm³/mol. The molecule has 0 bridgehead atoms. The van der Waals surface area contributed by atoms with Crippen LogP contribution in [0.2, 0.25) is 0 Å². The van der Waals surface area contributed by atoms with Gasteiger partial charge in [-0.3, -0.25) is 0 Å². The highest BCUT2D eigenvalue weighted by Gasteiger charge is 2.38. The number of allylic oxidation sites excluding steroid dienone is 2. The summed E-state index contributed by atoms with van der Waals surface area (Å²) in [6, 6.07) is 5.33. The molecule has 1 atom stereocenters. The van der Waals surface area contributed by atoms with Gasteiger partial charge in [-0.15, -0.1) is 11.6 Å². The van der Waals surface area contributed by atoms with Gasteiger partial charge in [0, 0.05) is 0 Å². The van der Waals surface area contributed by atoms with Crippen LogP contribution in [-0.2, 0) is 14.3 Å². The van der Waals surface area contributed by atoms with Gasteiger partial charge in [0.1, 0.15) is 17.4 Å². The van der Waals surface area contributed by atoms with Crippen molar-refractivity contribution in [3.63, 3.8) is 0 Å². The molecule has 2 heterocycles. The highest BCUT2D eigenvalue weighted by molar-refractivity contribution is 6.19. The van der Waals surface area contributed by atoms with Gasteiger partial charge in [0.2, 0.25) is 18.4 Å². The minimum atomic E-state index is -0.847. The smallest absolute Gasteiger partial charge is 0.338 e. The van der Waals surface area contributed by atoms with E-state index in [2.05, 4.69) is 0 Å². The number of hydrogen-bond acceptors (Lipinski definition) is 8. The second kappa shape index (κ2) is 7.68. The molecule has 1 aromatic carbocycles. The van der Waals surface area contributed by atoms with Crippen molar-refractivity contribution in [3.8, 4) is 23.3 Å². The molecule has 0 unspecified atom stereocenters. The lowest BCUT2D eigenvalue weighted by atomic mass is 9.83. The van der Waals surface area contributed by atoms with Crippen LogP contribution in [0, 0.1) is 11.3 Å². The Morgan fingerprint density at radius 3 is 2.85 bits per heavy atom. The van der Waals surface area contributed by atoms with Crippen LogP contribution in [-0.4, -0.2) is 32.4 Å². The molecule has 0 aromatic heterocycles. The van der Waals surface area contributed by atoms with E-state index in [1.807, 2.05) is 6.07 Å². The number of ether oxygens (including phenoxy) is 5. The van der Waals surface area contributed by atoms with E-state index < -0.39 is 11.9 Å². The fourth-order valence-corrected chi connectivity index (χ4v) is 3.20. The van der Waals surface area contributed by atoms with Gasteiger partial charge in [-0.25, -0.2) is 4.79 Å². The molecule has 1 aromatic rings. The second-order valence-corrected chi connectivity index (χ2v) is 5.84. The molecule has 142 valence electrons. The van der Waals surface area contributed by atoms with Crippen LogP contribution in [0.1, 0.15) is 18.4 Å². The summed E-state index contributed by atoms with van der Waals surface area (Å²) in [6.07, 6.45) is 0. The highest BCUT2D eigenvalue weighted by atomic mass is 35.5. The zero-order valence-corrected chi connectivity index (χ0v) is 15.5. The van der Waals surface area contributed by atoms with Gasteiger partial charge in [-0.05, 0) is 24.6 Å². The molecule has 0 radical (unpaired) electrons. The number of methoxy groups -OCH3 is 1. The molecule has 0 saturated heterocycles. The lowest BCUT2D eigenvalue weighted by molar-refractivity contribution is -0.139. The average Bonchev–Trinajstić information content (AvgIpc) is 3.14. The Hall–Kier alpha value is -3.05. The van der Waals surface area contributed by atoms with Crippen molar-refractivity contribution < 1.29 is 28.5 Å². The molecular weight excluding hydrogens is 376 g/mol. The lowest BCUT2D eigenvalue weighted by Gasteiger charge is -2.27. The maximum atomic E-state index is 12.6. The molecule has 0 fully saturated rings. The van der Waals surface area contributed by atoms with Crippen molar-refractivity contribution in [2.24, 2.45) is 5.73 Å². The van der Waals surface area contributed by atoms with E-state index in [0.717, 1.165) is 0 Å². The van der Waals surface area contributed by atoms with Crippen LogP contribution in [0.4, 0.5) is 0 Å². The molecule has 8 nitrogen and oxygen atoms in total. The van der Waals surface area contributed by atoms with Crippen LogP contribution in [0.5, 0.6) is 17.2 Å². The first-order valence-electron chi connectivity index (χ1n) is 8.06. The molecule has 3 rings (SSSR count). The third kappa shape index (κ3) is 3.22. The minimum Gasteiger partial charge on any atom is -0.493 e. The van der Waals surface area contributed by atoms with E-state index in [9.17, 15) is 10.1 Å². The maximum Gasteiger partial charge on any atom is 0.338 e. The number of carbonyl (C=O) groups excluding carboxylic acids is 1. The number of esters is 1. The first-order chi connectivity index (χ1) is 13.0. The first kappa shape index (κ1) is 18.7. The summed E-state index contributed by atoms with van der Waals surface area (Å²) in [4.78, 5) is 12.6. The van der Waals surface area contributed by atoms with E-state index >= 15 is 0 Å². The van der Waals surface area contributed by atoms with Gasteiger partial charge in [-0.1, -0.05) is 0 Å². The molecular formula is C18H17ClN2O6. The summed E-state index contributed by atoms with van der Waals surface area (Å²) >= 11 is 5.96. The number of benzene rings is 1. The molecule has 0 amide bonds. The zero-order chi connectivity index (χ0) is 19.6. The summed E-state index contributed by atoms with van der Waals surface area (Å²) in [5.74, 6) is -0.319. The SMILES string of the molecule is CCOC(=O)C1=C(CCl)OC(N)=C(C#N)[C@H]1c1cc(OC)c2c(c1)OCO2. The largest absolute Gasteiger partial charge is 0.493 e. The normalized spacial score (nSPS) is 18.1. The van der Waals surface area contributed by atoms with Gasteiger partial charge in [0.25, 0.3) is 0 Å². The average molecular weight is 393 g/mol. The van der Waals surface area contributed by atoms with Crippen molar-refractivity contribution in [3.05, 3.63) is 40.5 Å². The number of alkyl halides is 1. The standard InChI is InChI=1S/C18H17ClN2O6/c1-3-24-18(22)15-13(6-19)27-17(21)10(7-20)14(15)9-4-11(23-2)16-12(5-9)25-8-26-16/h4-5,14H,3,6,8,21H2,1-2H3/t14-/m1/s1. The molecule has 0 spiro atoms. The Balaban J connectivity index is 2.22. The fourth-order valence-electron chi connectivity index (χ4n) is 3.00. The van der Waals surface area contributed by atoms with Gasteiger partial charge in [0.15, 0.2) is 11.5 Å². The lowest BCUT2D eigenvalue weighted by Crippen LogP contribution is -2.26. The quantitative estimate of drug-likeness (QED) is 0.599. The molecule has 2 N–H and O–H groups in total. The van der Waals surface area contributed by atoms with Crippen LogP contribution in [0.3, 0.4) is 0 Å². The van der Waals surface area contributed by atoms with E-state index in [-0.39, 0.29) is 42.1 Å². The number of nitriles is 1. The van der Waals surface area contributed by atoms with E-state index in [1.165, 1.54) is 7.11 Å². The van der Waals surface area contributed by atoms with Crippen molar-refractivity contribution in [2.75, 3.05) is 26.4 Å². The Kier molecular flexibility index (Phi) is 5.33. The van der Waals surface area contributed by atoms with Crippen molar-refractivity contribution in [1.82, 2.24) is 0 Å². The monoisotopic (exact) mass is 392 g/mol. The van der Waals surface area contributed by atoms with E-state index in [4.69, 9.17) is 41.0 Å². The van der Waals surface area contributed by atoms with Crippen molar-refractivity contribution in [2.45, 2.75) is 12.8 Å². The first-order valence-corrected chi connectivity index (χ1v) is 8.60. The molecule has 0 aliphatic carbocycles. The molecule has 2 aliphatic rings. The van der Waals surface area contributed by atoms with Crippen molar-refractivity contribution >= 4 is 17.6 Å². The van der Waals surface area contributed by atoms with Gasteiger partial charge < -0.3 is 29.4 Å². The third-order valence-corrected chi connectivity index (χ3v) is 4.37. The van der Waals surface area contributed by atoms with E-state index in [1.54, 1.807) is 19.1 Å². The van der Waals surface area contributed by atoms with Crippen molar-refractivity contribution in [1.29, 1.82) is 5.26 Å². The molecule has 9 heteroatoms. The number of hydrogen-bond donors (Lipinski definition) is 1. The third-order valence-electron chi connectivity index (χ3n) is 4.13. The van der Waals surface area contributed by atoms with Crippen LogP contribution < -0.4 is 19.9 Å². The molecule has 0 saturated carbocycles. The molecule has 27 heavy (non-hydrogen) atoms. The number of fused-ring (bicyclic) bond motifs is 1. The minimum absolute atomic E-state index is 0.0412. The Labute approximate surface area is 160 Å². The second-order valence-electron chi connectivity index (χ2n) is 5.57. The summed E-state index contributed by atoms with van der Waals surface area (Å²) in [5.41, 5.74) is 6.61. The Bertz CT molecular complexity index is 887. The fraction of sp³-hybridized carbons (Fsp3) is 0.333. The summed E-state index contributed by atoms with van der Waals surface area (Å²) in [7, 11) is 1.48. The summed E-state index contributed by atoms with van der Waals surface area (Å²) in [6.45, 7) is 1.87. The summed E-state index contributed by atoms with van der Waals surface area (Å²) in [5, 5.41) is 9.64. The summed E-state index contributed by atoms with van der Waals surface area (Å²) < 4.78 is 26.8. The van der Waals surface area contributed by atoms with Crippen LogP contribution >= 0.6 is 11.6 Å². The Morgan fingerprint density at radius 1 is 1.44 bits per heavy atom. The number of nitrogens with zero attached hydrogens (tertiary/aromatic N) is 1. The zero-order valence-electron chi connectivity index (χ0n) is 14.7. The topological polar surface area (TPSA) is 113 Å². The van der Waals surface area contributed by atoms with Crippen LogP contribution in [0.25, 0.3) is 0 Å². The number of nitrogens with two attached hydrogens (primary N) is 1. The Morgan fingerprint density at radius 2 is 2.22 bits per heavy atom. The van der Waals surface area contributed by atoms with E-state index in [0.29, 0.717) is 22.8 Å². The molecule has 2 aliphatic heterocycles. The number of rotatable bonds is 5. The predicted octanol–water partition coefficient (Wildman–Crippen LogP) is 2.29. The van der Waals surface area contributed by atoms with Crippen LogP contribution in [0.15, 0.2) is 34.9 Å². The van der Waals surface area contributed by atoms with Gasteiger partial charge in [-0.2, -0.15) is 5.26 Å². The number of carbonyl (C=O) groups is 1. The maximum absolute atomic E-state index is 12.6. The highest BCUT2D eigenvalue weighted by Crippen LogP contribution is 2.47. The number of halogens is 1. The van der Waals surface area contributed by atoms with Gasteiger partial charge in [0.05, 0.1) is 31.1 Å².